The van der Waals surface area contributed by atoms with Crippen LogP contribution < -0.4 is 9.64 Å². The van der Waals surface area contributed by atoms with Gasteiger partial charge in [-0.1, -0.05) is 13.8 Å². The Morgan fingerprint density at radius 1 is 1.35 bits per heavy atom. The van der Waals surface area contributed by atoms with Crippen molar-refractivity contribution >= 4 is 11.9 Å². The van der Waals surface area contributed by atoms with Crippen LogP contribution in [0.15, 0.2) is 12.3 Å². The number of hydrogen-bond donors (Lipinski definition) is 0. The summed E-state index contributed by atoms with van der Waals surface area (Å²) in [6.45, 7) is 7.11. The molecule has 2 heterocycles. The molecule has 6 heteroatoms. The monoisotopic (exact) mass is 278 g/mol. The van der Waals surface area contributed by atoms with Crippen LogP contribution in [0, 0.1) is 5.92 Å². The van der Waals surface area contributed by atoms with E-state index in [0.29, 0.717) is 24.2 Å². The number of carbonyl (C=O) groups is 1. The SMILES string of the molecule is COc1ccnc(N2CCN(C(=O)CC(C)C)CC2)n1. The minimum Gasteiger partial charge on any atom is -0.481 e. The van der Waals surface area contributed by atoms with E-state index in [0.717, 1.165) is 26.2 Å². The molecular formula is C14H22N4O2. The van der Waals surface area contributed by atoms with Crippen LogP contribution in [-0.4, -0.2) is 54.1 Å². The summed E-state index contributed by atoms with van der Waals surface area (Å²) in [5, 5.41) is 0. The van der Waals surface area contributed by atoms with Crippen LogP contribution in [-0.2, 0) is 4.79 Å². The highest BCUT2D eigenvalue weighted by molar-refractivity contribution is 5.76. The van der Waals surface area contributed by atoms with E-state index in [2.05, 4.69) is 28.7 Å². The minimum atomic E-state index is 0.242. The molecule has 0 unspecified atom stereocenters. The zero-order chi connectivity index (χ0) is 14.5. The highest BCUT2D eigenvalue weighted by atomic mass is 16.5. The first-order chi connectivity index (χ1) is 9.60. The molecule has 1 saturated heterocycles. The first kappa shape index (κ1) is 14.6. The predicted molar refractivity (Wildman–Crippen MR) is 76.8 cm³/mol. The van der Waals surface area contributed by atoms with Gasteiger partial charge in [0.1, 0.15) is 0 Å². The van der Waals surface area contributed by atoms with Gasteiger partial charge in [-0.05, 0) is 5.92 Å². The minimum absolute atomic E-state index is 0.242. The Morgan fingerprint density at radius 3 is 2.65 bits per heavy atom. The van der Waals surface area contributed by atoms with Crippen molar-refractivity contribution in [3.8, 4) is 5.88 Å². The van der Waals surface area contributed by atoms with Gasteiger partial charge in [0.25, 0.3) is 0 Å². The molecule has 2 rings (SSSR count). The zero-order valence-corrected chi connectivity index (χ0v) is 12.4. The summed E-state index contributed by atoms with van der Waals surface area (Å²) in [5.74, 6) is 1.88. The lowest BCUT2D eigenvalue weighted by Crippen LogP contribution is -2.49. The van der Waals surface area contributed by atoms with Gasteiger partial charge < -0.3 is 14.5 Å². The molecule has 0 radical (unpaired) electrons. The molecule has 0 N–H and O–H groups in total. The van der Waals surface area contributed by atoms with Crippen molar-refractivity contribution in [2.75, 3.05) is 38.2 Å². The van der Waals surface area contributed by atoms with Gasteiger partial charge in [-0.15, -0.1) is 0 Å². The van der Waals surface area contributed by atoms with E-state index < -0.39 is 0 Å². The fraction of sp³-hybridized carbons (Fsp3) is 0.643. The molecule has 20 heavy (non-hydrogen) atoms. The summed E-state index contributed by atoms with van der Waals surface area (Å²) in [6, 6.07) is 1.73. The number of rotatable bonds is 4. The lowest BCUT2D eigenvalue weighted by atomic mass is 10.1. The number of piperazine rings is 1. The van der Waals surface area contributed by atoms with E-state index in [4.69, 9.17) is 4.74 Å². The number of anilines is 1. The van der Waals surface area contributed by atoms with Crippen LogP contribution in [0.3, 0.4) is 0 Å². The van der Waals surface area contributed by atoms with Gasteiger partial charge in [-0.25, -0.2) is 4.98 Å². The van der Waals surface area contributed by atoms with Gasteiger partial charge in [0.05, 0.1) is 7.11 Å². The number of hydrogen-bond acceptors (Lipinski definition) is 5. The molecule has 1 aromatic rings. The molecule has 1 aliphatic rings. The molecule has 110 valence electrons. The molecule has 1 fully saturated rings. The third-order valence-electron chi connectivity index (χ3n) is 3.32. The predicted octanol–water partition coefficient (Wildman–Crippen LogP) is 1.18. The van der Waals surface area contributed by atoms with Gasteiger partial charge in [0.2, 0.25) is 17.7 Å². The van der Waals surface area contributed by atoms with Crippen molar-refractivity contribution in [2.24, 2.45) is 5.92 Å². The second kappa shape index (κ2) is 6.54. The summed E-state index contributed by atoms with van der Waals surface area (Å²) in [6.07, 6.45) is 2.31. The maximum absolute atomic E-state index is 12.0. The second-order valence-electron chi connectivity index (χ2n) is 5.36. The topological polar surface area (TPSA) is 58.6 Å². The first-order valence-electron chi connectivity index (χ1n) is 7.00. The summed E-state index contributed by atoms with van der Waals surface area (Å²) in [4.78, 5) is 24.6. The molecule has 0 saturated carbocycles. The van der Waals surface area contributed by atoms with Crippen molar-refractivity contribution in [3.05, 3.63) is 12.3 Å². The molecule has 0 aliphatic carbocycles. The highest BCUT2D eigenvalue weighted by Crippen LogP contribution is 2.15. The quantitative estimate of drug-likeness (QED) is 0.827. The number of ether oxygens (including phenoxy) is 1. The number of carbonyl (C=O) groups excluding carboxylic acids is 1. The number of methoxy groups -OCH3 is 1. The lowest BCUT2D eigenvalue weighted by Gasteiger charge is -2.35. The van der Waals surface area contributed by atoms with Crippen molar-refractivity contribution in [3.63, 3.8) is 0 Å². The summed E-state index contributed by atoms with van der Waals surface area (Å²) < 4.78 is 5.11. The molecule has 1 aliphatic heterocycles. The smallest absolute Gasteiger partial charge is 0.228 e. The van der Waals surface area contributed by atoms with Crippen LogP contribution >= 0.6 is 0 Å². The zero-order valence-electron chi connectivity index (χ0n) is 12.4. The van der Waals surface area contributed by atoms with Gasteiger partial charge in [-0.2, -0.15) is 4.98 Å². The lowest BCUT2D eigenvalue weighted by molar-refractivity contribution is -0.132. The summed E-state index contributed by atoms with van der Waals surface area (Å²) in [5.41, 5.74) is 0. The molecule has 6 nitrogen and oxygen atoms in total. The molecular weight excluding hydrogens is 256 g/mol. The fourth-order valence-electron chi connectivity index (χ4n) is 2.23. The Balaban J connectivity index is 1.92. The van der Waals surface area contributed by atoms with Gasteiger partial charge >= 0.3 is 0 Å². The summed E-state index contributed by atoms with van der Waals surface area (Å²) in [7, 11) is 1.59. The van der Waals surface area contributed by atoms with E-state index in [1.165, 1.54) is 0 Å². The van der Waals surface area contributed by atoms with Crippen molar-refractivity contribution in [2.45, 2.75) is 20.3 Å². The van der Waals surface area contributed by atoms with Crippen LogP contribution in [0.4, 0.5) is 5.95 Å². The van der Waals surface area contributed by atoms with Crippen LogP contribution in [0.1, 0.15) is 20.3 Å². The largest absolute Gasteiger partial charge is 0.481 e. The van der Waals surface area contributed by atoms with Gasteiger partial charge in [-0.3, -0.25) is 4.79 Å². The number of amides is 1. The molecule has 0 atom stereocenters. The third kappa shape index (κ3) is 3.59. The molecule has 0 spiro atoms. The first-order valence-corrected chi connectivity index (χ1v) is 7.00. The standard InChI is InChI=1S/C14H22N4O2/c1-11(2)10-13(19)17-6-8-18(9-7-17)14-15-5-4-12(16-14)20-3/h4-5,11H,6-10H2,1-3H3. The van der Waals surface area contributed by atoms with Crippen molar-refractivity contribution in [1.82, 2.24) is 14.9 Å². The molecule has 0 bridgehead atoms. The number of nitrogens with zero attached hydrogens (tertiary/aromatic N) is 4. The Morgan fingerprint density at radius 2 is 2.05 bits per heavy atom. The maximum Gasteiger partial charge on any atom is 0.228 e. The van der Waals surface area contributed by atoms with Gasteiger partial charge in [0, 0.05) is 44.9 Å². The van der Waals surface area contributed by atoms with E-state index in [1.54, 1.807) is 19.4 Å². The fourth-order valence-corrected chi connectivity index (χ4v) is 2.23. The van der Waals surface area contributed by atoms with Crippen LogP contribution in [0.25, 0.3) is 0 Å². The maximum atomic E-state index is 12.0. The van der Waals surface area contributed by atoms with E-state index in [1.807, 2.05) is 4.90 Å². The Kier molecular flexibility index (Phi) is 4.76. The highest BCUT2D eigenvalue weighted by Gasteiger charge is 2.23. The van der Waals surface area contributed by atoms with E-state index in [9.17, 15) is 4.79 Å². The molecule has 0 aromatic carbocycles. The van der Waals surface area contributed by atoms with E-state index in [-0.39, 0.29) is 5.91 Å². The third-order valence-corrected chi connectivity index (χ3v) is 3.32. The van der Waals surface area contributed by atoms with Gasteiger partial charge in [0.15, 0.2) is 0 Å². The normalized spacial score (nSPS) is 15.6. The average Bonchev–Trinajstić information content (AvgIpc) is 2.47. The summed E-state index contributed by atoms with van der Waals surface area (Å²) >= 11 is 0. The van der Waals surface area contributed by atoms with Crippen molar-refractivity contribution < 1.29 is 9.53 Å². The van der Waals surface area contributed by atoms with Crippen molar-refractivity contribution in [1.29, 1.82) is 0 Å². The van der Waals surface area contributed by atoms with Crippen LogP contribution in [0.2, 0.25) is 0 Å². The molecule has 1 aromatic heterocycles. The Bertz CT molecular complexity index is 456. The molecule has 1 amide bonds. The number of aromatic nitrogens is 2. The second-order valence-corrected chi connectivity index (χ2v) is 5.36. The Hall–Kier alpha value is -1.85. The average molecular weight is 278 g/mol. The Labute approximate surface area is 119 Å². The van der Waals surface area contributed by atoms with Crippen LogP contribution in [0.5, 0.6) is 5.88 Å². The van der Waals surface area contributed by atoms with E-state index >= 15 is 0 Å².